The van der Waals surface area contributed by atoms with Gasteiger partial charge < -0.3 is 9.84 Å². The molecule has 0 unspecified atom stereocenters. The van der Waals surface area contributed by atoms with Crippen molar-refractivity contribution >= 4 is 23.5 Å². The molecule has 0 aliphatic rings. The molecule has 0 saturated carbocycles. The second-order valence-corrected chi connectivity index (χ2v) is 5.97. The van der Waals surface area contributed by atoms with E-state index in [4.69, 9.17) is 10.00 Å². The number of amides is 1. The van der Waals surface area contributed by atoms with Gasteiger partial charge in [-0.1, -0.05) is 30.3 Å². The summed E-state index contributed by atoms with van der Waals surface area (Å²) < 4.78 is 5.32. The quantitative estimate of drug-likeness (QED) is 0.351. The maximum Gasteiger partial charge on any atom is 0.277 e. The van der Waals surface area contributed by atoms with Gasteiger partial charge in [0.25, 0.3) is 5.91 Å². The molecular formula is C22H17N5O3. The van der Waals surface area contributed by atoms with Crippen molar-refractivity contribution in [2.45, 2.75) is 0 Å². The molecule has 0 aliphatic carbocycles. The average molecular weight is 399 g/mol. The lowest BCUT2D eigenvalue weighted by atomic mass is 10.2. The Kier molecular flexibility index (Phi) is 6.84. The van der Waals surface area contributed by atoms with Crippen molar-refractivity contribution < 1.29 is 14.6 Å². The number of phenolic OH excluding ortho intramolecular Hbond substituents is 1. The molecule has 3 aromatic carbocycles. The van der Waals surface area contributed by atoms with Crippen LogP contribution in [0.15, 0.2) is 88.1 Å². The fourth-order valence-corrected chi connectivity index (χ4v) is 2.35. The van der Waals surface area contributed by atoms with E-state index < -0.39 is 5.91 Å². The second kappa shape index (κ2) is 10.1. The van der Waals surface area contributed by atoms with E-state index >= 15 is 0 Å². The van der Waals surface area contributed by atoms with E-state index in [2.05, 4.69) is 20.8 Å². The monoisotopic (exact) mass is 399 g/mol. The zero-order valence-electron chi connectivity index (χ0n) is 15.8. The molecule has 0 aliphatic heterocycles. The van der Waals surface area contributed by atoms with E-state index in [1.165, 1.54) is 12.3 Å². The van der Waals surface area contributed by atoms with Crippen molar-refractivity contribution in [2.24, 2.45) is 15.3 Å². The van der Waals surface area contributed by atoms with Crippen LogP contribution >= 0.6 is 0 Å². The Morgan fingerprint density at radius 2 is 1.77 bits per heavy atom. The molecule has 0 bridgehead atoms. The Morgan fingerprint density at radius 1 is 1.03 bits per heavy atom. The molecule has 0 atom stereocenters. The Balaban J connectivity index is 1.58. The van der Waals surface area contributed by atoms with Gasteiger partial charge in [0.1, 0.15) is 17.6 Å². The SMILES string of the molecule is N#Cc1ccccc1OCC(=O)N/N=C/c1cc(N=Nc2ccccc2)ccc1O. The second-order valence-electron chi connectivity index (χ2n) is 5.97. The molecule has 0 fully saturated rings. The first-order valence-electron chi connectivity index (χ1n) is 8.89. The highest BCUT2D eigenvalue weighted by molar-refractivity contribution is 5.86. The summed E-state index contributed by atoms with van der Waals surface area (Å²) in [5, 5.41) is 31.0. The van der Waals surface area contributed by atoms with Crippen LogP contribution in [0.25, 0.3) is 0 Å². The molecule has 0 radical (unpaired) electrons. The summed E-state index contributed by atoms with van der Waals surface area (Å²) in [7, 11) is 0. The molecule has 8 nitrogen and oxygen atoms in total. The summed E-state index contributed by atoms with van der Waals surface area (Å²) >= 11 is 0. The van der Waals surface area contributed by atoms with Crippen molar-refractivity contribution in [3.63, 3.8) is 0 Å². The number of nitrogens with zero attached hydrogens (tertiary/aromatic N) is 4. The van der Waals surface area contributed by atoms with Gasteiger partial charge in [0.2, 0.25) is 0 Å². The minimum Gasteiger partial charge on any atom is -0.507 e. The number of phenols is 1. The molecule has 3 aromatic rings. The minimum absolute atomic E-state index is 0.0224. The van der Waals surface area contributed by atoms with Crippen LogP contribution in [0.3, 0.4) is 0 Å². The van der Waals surface area contributed by atoms with Crippen molar-refractivity contribution in [3.8, 4) is 17.6 Å². The summed E-state index contributed by atoms with van der Waals surface area (Å²) in [4.78, 5) is 11.9. The lowest BCUT2D eigenvalue weighted by Crippen LogP contribution is -2.24. The highest BCUT2D eigenvalue weighted by Gasteiger charge is 2.06. The Bertz CT molecular complexity index is 1120. The Hall–Kier alpha value is -4.51. The largest absolute Gasteiger partial charge is 0.507 e. The van der Waals surface area contributed by atoms with Crippen LogP contribution in [0, 0.1) is 11.3 Å². The van der Waals surface area contributed by atoms with Gasteiger partial charge in [0.15, 0.2) is 6.61 Å². The van der Waals surface area contributed by atoms with E-state index in [0.29, 0.717) is 28.3 Å². The predicted molar refractivity (Wildman–Crippen MR) is 111 cm³/mol. The van der Waals surface area contributed by atoms with Crippen LogP contribution in [-0.4, -0.2) is 23.8 Å². The molecule has 0 heterocycles. The molecule has 0 spiro atoms. The maximum atomic E-state index is 11.9. The van der Waals surface area contributed by atoms with E-state index in [1.807, 2.05) is 36.4 Å². The van der Waals surface area contributed by atoms with Gasteiger partial charge in [0, 0.05) is 5.56 Å². The molecule has 8 heteroatoms. The van der Waals surface area contributed by atoms with Crippen LogP contribution in [0.1, 0.15) is 11.1 Å². The fraction of sp³-hybridized carbons (Fsp3) is 0.0455. The lowest BCUT2D eigenvalue weighted by Gasteiger charge is -2.06. The molecular weight excluding hydrogens is 382 g/mol. The molecule has 1 amide bonds. The standard InChI is InChI=1S/C22H17N5O3/c23-13-16-6-4-5-9-21(16)30-15-22(29)27-24-14-17-12-19(10-11-20(17)28)26-25-18-7-2-1-3-8-18/h1-12,14,28H,15H2,(H,27,29)/b24-14+,26-25?. The van der Waals surface area contributed by atoms with Crippen LogP contribution < -0.4 is 10.2 Å². The van der Waals surface area contributed by atoms with Crippen molar-refractivity contribution in [1.82, 2.24) is 5.43 Å². The number of nitrogens with one attached hydrogen (secondary N) is 1. The minimum atomic E-state index is -0.515. The number of nitriles is 1. The number of hydrazone groups is 1. The van der Waals surface area contributed by atoms with Gasteiger partial charge in [-0.2, -0.15) is 20.6 Å². The fourth-order valence-electron chi connectivity index (χ4n) is 2.35. The first-order chi connectivity index (χ1) is 14.7. The van der Waals surface area contributed by atoms with Gasteiger partial charge in [0.05, 0.1) is 23.2 Å². The molecule has 0 aromatic heterocycles. The third-order valence-electron chi connectivity index (χ3n) is 3.81. The molecule has 3 rings (SSSR count). The maximum absolute atomic E-state index is 11.9. The first kappa shape index (κ1) is 20.2. The van der Waals surface area contributed by atoms with Gasteiger partial charge in [-0.3, -0.25) is 4.79 Å². The number of carbonyl (C=O) groups excluding carboxylic acids is 1. The van der Waals surface area contributed by atoms with Crippen LogP contribution in [-0.2, 0) is 4.79 Å². The van der Waals surface area contributed by atoms with E-state index in [-0.39, 0.29) is 12.4 Å². The number of rotatable bonds is 7. The highest BCUT2D eigenvalue weighted by Crippen LogP contribution is 2.24. The Morgan fingerprint density at radius 3 is 2.57 bits per heavy atom. The van der Waals surface area contributed by atoms with E-state index in [1.54, 1.807) is 36.4 Å². The number of hydrogen-bond acceptors (Lipinski definition) is 7. The van der Waals surface area contributed by atoms with Crippen LogP contribution in [0.2, 0.25) is 0 Å². The summed E-state index contributed by atoms with van der Waals surface area (Å²) in [6, 6.07) is 22.5. The smallest absolute Gasteiger partial charge is 0.277 e. The Labute approximate surface area is 172 Å². The van der Waals surface area contributed by atoms with E-state index in [0.717, 1.165) is 0 Å². The topological polar surface area (TPSA) is 119 Å². The number of aromatic hydroxyl groups is 1. The molecule has 0 saturated heterocycles. The summed E-state index contributed by atoms with van der Waals surface area (Å²) in [6.45, 7) is -0.312. The summed E-state index contributed by atoms with van der Waals surface area (Å²) in [5.74, 6) is -0.225. The molecule has 148 valence electrons. The predicted octanol–water partition coefficient (Wildman–Crippen LogP) is 4.21. The van der Waals surface area contributed by atoms with Gasteiger partial charge in [-0.15, -0.1) is 0 Å². The normalized spacial score (nSPS) is 10.8. The summed E-state index contributed by atoms with van der Waals surface area (Å²) in [6.07, 6.45) is 1.29. The van der Waals surface area contributed by atoms with Gasteiger partial charge in [-0.25, -0.2) is 5.43 Å². The number of carbonyl (C=O) groups is 1. The number of para-hydroxylation sites is 1. The van der Waals surface area contributed by atoms with Crippen LogP contribution in [0.4, 0.5) is 11.4 Å². The highest BCUT2D eigenvalue weighted by atomic mass is 16.5. The van der Waals surface area contributed by atoms with Gasteiger partial charge >= 0.3 is 0 Å². The van der Waals surface area contributed by atoms with Crippen molar-refractivity contribution in [1.29, 1.82) is 5.26 Å². The molecule has 30 heavy (non-hydrogen) atoms. The van der Waals surface area contributed by atoms with Crippen molar-refractivity contribution in [2.75, 3.05) is 6.61 Å². The lowest BCUT2D eigenvalue weighted by molar-refractivity contribution is -0.123. The average Bonchev–Trinajstić information content (AvgIpc) is 2.79. The third-order valence-corrected chi connectivity index (χ3v) is 3.81. The first-order valence-corrected chi connectivity index (χ1v) is 8.89. The zero-order valence-corrected chi connectivity index (χ0v) is 15.8. The number of hydrogen-bond donors (Lipinski definition) is 2. The number of ether oxygens (including phenoxy) is 1. The zero-order chi connectivity index (χ0) is 21.2. The van der Waals surface area contributed by atoms with Gasteiger partial charge in [-0.05, 0) is 42.5 Å². The summed E-state index contributed by atoms with van der Waals surface area (Å²) in [5.41, 5.74) is 4.21. The van der Waals surface area contributed by atoms with Crippen LogP contribution in [0.5, 0.6) is 11.5 Å². The molecule has 2 N–H and O–H groups in total. The number of azo groups is 1. The van der Waals surface area contributed by atoms with Crippen molar-refractivity contribution in [3.05, 3.63) is 83.9 Å². The third kappa shape index (κ3) is 5.74. The van der Waals surface area contributed by atoms with E-state index in [9.17, 15) is 9.90 Å². The number of benzene rings is 3.